The second kappa shape index (κ2) is 7.84. The van der Waals surface area contributed by atoms with Gasteiger partial charge in [-0.05, 0) is 18.1 Å². The molecule has 0 saturated carbocycles. The zero-order chi connectivity index (χ0) is 22.4. The van der Waals surface area contributed by atoms with E-state index in [1.807, 2.05) is 6.20 Å². The molecule has 3 aliphatic rings. The molecule has 4 heterocycles. The highest BCUT2D eigenvalue weighted by atomic mass is 16.5. The van der Waals surface area contributed by atoms with Crippen LogP contribution >= 0.6 is 0 Å². The molecule has 3 atom stereocenters. The highest BCUT2D eigenvalue weighted by Gasteiger charge is 2.45. The number of nitrogens with one attached hydrogen (secondary N) is 2. The van der Waals surface area contributed by atoms with Crippen LogP contribution in [-0.2, 0) is 20.9 Å². The molecule has 1 aromatic heterocycles. The van der Waals surface area contributed by atoms with Crippen LogP contribution in [0.3, 0.4) is 0 Å². The predicted molar refractivity (Wildman–Crippen MR) is 110 cm³/mol. The van der Waals surface area contributed by atoms with E-state index in [2.05, 4.69) is 15.7 Å². The van der Waals surface area contributed by atoms with Crippen molar-refractivity contribution in [1.82, 2.24) is 20.0 Å². The molecule has 2 fully saturated rings. The third kappa shape index (κ3) is 3.35. The molecule has 5 rings (SSSR count). The fraction of sp³-hybridized carbons (Fsp3) is 0.381. The van der Waals surface area contributed by atoms with Gasteiger partial charge < -0.3 is 15.8 Å². The van der Waals surface area contributed by atoms with Crippen molar-refractivity contribution in [2.75, 3.05) is 18.5 Å². The Morgan fingerprint density at radius 1 is 1.19 bits per heavy atom. The number of benzene rings is 1. The van der Waals surface area contributed by atoms with Gasteiger partial charge in [-0.3, -0.25) is 34.1 Å². The van der Waals surface area contributed by atoms with Gasteiger partial charge in [-0.25, -0.2) is 0 Å². The number of ether oxygens (including phenoxy) is 1. The summed E-state index contributed by atoms with van der Waals surface area (Å²) < 4.78 is 7.14. The summed E-state index contributed by atoms with van der Waals surface area (Å²) in [5.41, 5.74) is 7.93. The van der Waals surface area contributed by atoms with Crippen molar-refractivity contribution >= 4 is 29.3 Å². The van der Waals surface area contributed by atoms with E-state index in [1.165, 1.54) is 0 Å². The third-order valence-electron chi connectivity index (χ3n) is 6.07. The standard InChI is InChI=1S/C21H22N6O5/c22-14-9-32-10-16(14)26-8-12(7-24-26)23-6-11-2-1-3-13-18(11)21(31)27(20(13)30)15-4-5-17(28)25-19(15)29/h1-3,7-8,14-16,23H,4-6,9-10,22H2,(H,25,28,29)/t14-,15?,16+/m1/s1. The highest BCUT2D eigenvalue weighted by molar-refractivity contribution is 6.24. The van der Waals surface area contributed by atoms with E-state index >= 15 is 0 Å². The Kier molecular flexibility index (Phi) is 4.98. The minimum atomic E-state index is -0.989. The van der Waals surface area contributed by atoms with Crippen molar-refractivity contribution in [2.45, 2.75) is 37.5 Å². The molecule has 0 radical (unpaired) electrons. The maximum atomic E-state index is 13.1. The minimum absolute atomic E-state index is 0.0344. The zero-order valence-corrected chi connectivity index (χ0v) is 17.1. The molecule has 3 aliphatic heterocycles. The van der Waals surface area contributed by atoms with Crippen molar-refractivity contribution in [3.05, 3.63) is 47.3 Å². The Labute approximate surface area is 182 Å². The second-order valence-electron chi connectivity index (χ2n) is 8.12. The summed E-state index contributed by atoms with van der Waals surface area (Å²) in [6.45, 7) is 1.27. The van der Waals surface area contributed by atoms with Crippen molar-refractivity contribution in [3.63, 3.8) is 0 Å². The highest BCUT2D eigenvalue weighted by Crippen LogP contribution is 2.30. The molecule has 4 N–H and O–H groups in total. The van der Waals surface area contributed by atoms with E-state index < -0.39 is 29.7 Å². The molecular formula is C21H22N6O5. The molecule has 0 aliphatic carbocycles. The Morgan fingerprint density at radius 2 is 2.03 bits per heavy atom. The van der Waals surface area contributed by atoms with Gasteiger partial charge in [-0.2, -0.15) is 5.10 Å². The molecule has 1 aromatic carbocycles. The van der Waals surface area contributed by atoms with Crippen LogP contribution in [0.4, 0.5) is 5.69 Å². The number of imide groups is 2. The topological polar surface area (TPSA) is 149 Å². The third-order valence-corrected chi connectivity index (χ3v) is 6.07. The number of amides is 4. The average molecular weight is 438 g/mol. The number of hydrogen-bond donors (Lipinski definition) is 3. The van der Waals surface area contributed by atoms with Crippen molar-refractivity contribution < 1.29 is 23.9 Å². The Bertz CT molecular complexity index is 1130. The van der Waals surface area contributed by atoms with Crippen molar-refractivity contribution in [2.24, 2.45) is 5.73 Å². The van der Waals surface area contributed by atoms with E-state index in [0.29, 0.717) is 18.8 Å². The largest absolute Gasteiger partial charge is 0.378 e. The molecule has 11 nitrogen and oxygen atoms in total. The van der Waals surface area contributed by atoms with Gasteiger partial charge >= 0.3 is 0 Å². The number of hydrogen-bond acceptors (Lipinski definition) is 8. The number of carbonyl (C=O) groups excluding carboxylic acids is 4. The fourth-order valence-electron chi connectivity index (χ4n) is 4.37. The number of piperidine rings is 1. The van der Waals surface area contributed by atoms with Gasteiger partial charge in [-0.15, -0.1) is 0 Å². The second-order valence-corrected chi connectivity index (χ2v) is 8.12. The summed E-state index contributed by atoms with van der Waals surface area (Å²) in [6.07, 6.45) is 3.69. The molecule has 32 heavy (non-hydrogen) atoms. The fourth-order valence-corrected chi connectivity index (χ4v) is 4.37. The Morgan fingerprint density at radius 3 is 2.78 bits per heavy atom. The number of carbonyl (C=O) groups is 4. The number of rotatable bonds is 5. The van der Waals surface area contributed by atoms with E-state index in [0.717, 1.165) is 10.6 Å². The number of nitrogens with zero attached hydrogens (tertiary/aromatic N) is 3. The molecular weight excluding hydrogens is 416 g/mol. The van der Waals surface area contributed by atoms with Gasteiger partial charge in [0.1, 0.15) is 6.04 Å². The Hall–Kier alpha value is -3.57. The van der Waals surface area contributed by atoms with Gasteiger partial charge in [0, 0.05) is 19.2 Å². The number of anilines is 1. The van der Waals surface area contributed by atoms with Crippen LogP contribution in [0.5, 0.6) is 0 Å². The van der Waals surface area contributed by atoms with Gasteiger partial charge in [0.25, 0.3) is 11.8 Å². The SMILES string of the molecule is N[C@@H]1COC[C@@H]1n1cc(NCc2cccc3c2C(=O)N(C2CCC(=O)NC2=O)C3=O)cn1. The van der Waals surface area contributed by atoms with Gasteiger partial charge in [0.2, 0.25) is 11.8 Å². The van der Waals surface area contributed by atoms with Crippen LogP contribution in [-0.4, -0.2) is 63.6 Å². The zero-order valence-electron chi connectivity index (χ0n) is 17.1. The molecule has 2 aromatic rings. The van der Waals surface area contributed by atoms with Crippen LogP contribution in [0.25, 0.3) is 0 Å². The van der Waals surface area contributed by atoms with Crippen molar-refractivity contribution in [3.8, 4) is 0 Å². The quantitative estimate of drug-likeness (QED) is 0.543. The lowest BCUT2D eigenvalue weighted by Gasteiger charge is -2.27. The van der Waals surface area contributed by atoms with Crippen LogP contribution < -0.4 is 16.4 Å². The summed E-state index contributed by atoms with van der Waals surface area (Å²) in [4.78, 5) is 50.7. The van der Waals surface area contributed by atoms with Gasteiger partial charge in [0.05, 0.1) is 48.3 Å². The van der Waals surface area contributed by atoms with Crippen LogP contribution in [0.2, 0.25) is 0 Å². The first-order chi connectivity index (χ1) is 15.4. The van der Waals surface area contributed by atoms with Crippen LogP contribution in [0, 0.1) is 0 Å². The summed E-state index contributed by atoms with van der Waals surface area (Å²) in [7, 11) is 0. The number of nitrogens with two attached hydrogens (primary N) is 1. The predicted octanol–water partition coefficient (Wildman–Crippen LogP) is -0.205. The van der Waals surface area contributed by atoms with E-state index in [4.69, 9.17) is 10.5 Å². The first-order valence-electron chi connectivity index (χ1n) is 10.4. The molecule has 4 amide bonds. The molecule has 166 valence electrons. The lowest BCUT2D eigenvalue weighted by Crippen LogP contribution is -2.54. The molecule has 0 spiro atoms. The number of fused-ring (bicyclic) bond motifs is 1. The molecule has 1 unspecified atom stereocenters. The summed E-state index contributed by atoms with van der Waals surface area (Å²) in [6, 6.07) is 3.89. The molecule has 2 saturated heterocycles. The van der Waals surface area contributed by atoms with Gasteiger partial charge in [-0.1, -0.05) is 12.1 Å². The van der Waals surface area contributed by atoms with Crippen molar-refractivity contribution in [1.29, 1.82) is 0 Å². The molecule has 0 bridgehead atoms. The first-order valence-corrected chi connectivity index (χ1v) is 10.4. The van der Waals surface area contributed by atoms with E-state index in [-0.39, 0.29) is 42.6 Å². The smallest absolute Gasteiger partial charge is 0.262 e. The lowest BCUT2D eigenvalue weighted by atomic mass is 10.0. The van der Waals surface area contributed by atoms with Crippen LogP contribution in [0.1, 0.15) is 45.2 Å². The first kappa shape index (κ1) is 20.3. The maximum Gasteiger partial charge on any atom is 0.262 e. The minimum Gasteiger partial charge on any atom is -0.378 e. The summed E-state index contributed by atoms with van der Waals surface area (Å²) in [5.74, 6) is -2.08. The van der Waals surface area contributed by atoms with Gasteiger partial charge in [0.15, 0.2) is 0 Å². The summed E-state index contributed by atoms with van der Waals surface area (Å²) >= 11 is 0. The van der Waals surface area contributed by atoms with Crippen LogP contribution in [0.15, 0.2) is 30.6 Å². The maximum absolute atomic E-state index is 13.1. The van der Waals surface area contributed by atoms with E-state index in [1.54, 1.807) is 29.1 Å². The summed E-state index contributed by atoms with van der Waals surface area (Å²) in [5, 5.41) is 9.76. The monoisotopic (exact) mass is 438 g/mol. The van der Waals surface area contributed by atoms with E-state index in [9.17, 15) is 19.2 Å². The Balaban J connectivity index is 1.34. The normalized spacial score (nSPS) is 25.3. The average Bonchev–Trinajstić information content (AvgIpc) is 3.47. The number of aromatic nitrogens is 2. The lowest BCUT2D eigenvalue weighted by molar-refractivity contribution is -0.136. The molecule has 11 heteroatoms.